The van der Waals surface area contributed by atoms with Gasteiger partial charge in [0.1, 0.15) is 0 Å². The lowest BCUT2D eigenvalue weighted by molar-refractivity contribution is 0.986. The first-order valence-corrected chi connectivity index (χ1v) is 6.03. The summed E-state index contributed by atoms with van der Waals surface area (Å²) in [6, 6.07) is 17.1. The molecule has 92 valence electrons. The third-order valence-corrected chi connectivity index (χ3v) is 2.96. The summed E-state index contributed by atoms with van der Waals surface area (Å²) in [5, 5.41) is 0. The van der Waals surface area contributed by atoms with Gasteiger partial charge in [-0.25, -0.2) is 0 Å². The van der Waals surface area contributed by atoms with Gasteiger partial charge < -0.3 is 0 Å². The molecule has 3 rings (SSSR count). The van der Waals surface area contributed by atoms with Crippen molar-refractivity contribution >= 4 is 0 Å². The second kappa shape index (κ2) is 4.90. The smallest absolute Gasteiger partial charge is 0.255 e. The number of benzene rings is 1. The van der Waals surface area contributed by atoms with Crippen LogP contribution in [0.1, 0.15) is 0 Å². The van der Waals surface area contributed by atoms with E-state index in [-0.39, 0.29) is 5.56 Å². The van der Waals surface area contributed by atoms with Gasteiger partial charge in [-0.2, -0.15) is 0 Å². The Bertz CT molecular complexity index is 733. The lowest BCUT2D eigenvalue weighted by Gasteiger charge is -2.08. The molecule has 0 amide bonds. The molecule has 3 aromatic rings. The summed E-state index contributed by atoms with van der Waals surface area (Å²) in [7, 11) is 0. The van der Waals surface area contributed by atoms with Crippen LogP contribution in [0.15, 0.2) is 78.0 Å². The van der Waals surface area contributed by atoms with Crippen molar-refractivity contribution in [1.29, 1.82) is 0 Å². The molecule has 0 aliphatic carbocycles. The standard InChI is InChI=1S/C16H12N2O/c19-16-7-6-14(13-4-2-1-3-5-13)12-18(16)15-8-10-17-11-9-15/h1-12H. The van der Waals surface area contributed by atoms with Gasteiger partial charge >= 0.3 is 0 Å². The normalized spacial score (nSPS) is 10.3. The quantitative estimate of drug-likeness (QED) is 0.699. The van der Waals surface area contributed by atoms with E-state index < -0.39 is 0 Å². The van der Waals surface area contributed by atoms with Crippen molar-refractivity contribution in [1.82, 2.24) is 9.55 Å². The first kappa shape index (κ1) is 11.4. The number of pyridine rings is 2. The van der Waals surface area contributed by atoms with Gasteiger partial charge in [-0.3, -0.25) is 14.3 Å². The van der Waals surface area contributed by atoms with Crippen molar-refractivity contribution in [2.75, 3.05) is 0 Å². The maximum atomic E-state index is 11.9. The third-order valence-electron chi connectivity index (χ3n) is 2.96. The molecule has 0 spiro atoms. The molecule has 0 aliphatic rings. The van der Waals surface area contributed by atoms with Gasteiger partial charge in [0.25, 0.3) is 5.56 Å². The van der Waals surface area contributed by atoms with Gasteiger partial charge in [0.05, 0.1) is 5.69 Å². The van der Waals surface area contributed by atoms with Crippen LogP contribution in [0.5, 0.6) is 0 Å². The molecule has 2 heterocycles. The lowest BCUT2D eigenvalue weighted by atomic mass is 10.1. The number of aromatic nitrogens is 2. The first-order chi connectivity index (χ1) is 9.34. The van der Waals surface area contributed by atoms with E-state index in [4.69, 9.17) is 0 Å². The van der Waals surface area contributed by atoms with E-state index in [0.29, 0.717) is 0 Å². The molecule has 3 heteroatoms. The second-order valence-electron chi connectivity index (χ2n) is 4.20. The number of rotatable bonds is 2. The summed E-state index contributed by atoms with van der Waals surface area (Å²) in [6.45, 7) is 0. The van der Waals surface area contributed by atoms with Crippen molar-refractivity contribution in [3.05, 3.63) is 83.5 Å². The fourth-order valence-electron chi connectivity index (χ4n) is 1.99. The molecule has 0 N–H and O–H groups in total. The van der Waals surface area contributed by atoms with E-state index in [1.165, 1.54) is 0 Å². The van der Waals surface area contributed by atoms with E-state index in [2.05, 4.69) is 4.98 Å². The van der Waals surface area contributed by atoms with Crippen molar-refractivity contribution in [2.45, 2.75) is 0 Å². The fraction of sp³-hybridized carbons (Fsp3) is 0. The van der Waals surface area contributed by atoms with Crippen LogP contribution in [0.25, 0.3) is 16.8 Å². The molecular formula is C16H12N2O. The molecule has 0 saturated heterocycles. The summed E-state index contributed by atoms with van der Waals surface area (Å²) in [4.78, 5) is 15.9. The van der Waals surface area contributed by atoms with Crippen molar-refractivity contribution in [2.24, 2.45) is 0 Å². The molecule has 0 radical (unpaired) electrons. The van der Waals surface area contributed by atoms with E-state index in [1.54, 1.807) is 23.0 Å². The van der Waals surface area contributed by atoms with Crippen molar-refractivity contribution in [3.63, 3.8) is 0 Å². The SMILES string of the molecule is O=c1ccc(-c2ccccc2)cn1-c1ccncc1. The van der Waals surface area contributed by atoms with Gasteiger partial charge in [0, 0.05) is 24.7 Å². The molecule has 0 bridgehead atoms. The van der Waals surface area contributed by atoms with Crippen LogP contribution in [-0.2, 0) is 0 Å². The Morgan fingerprint density at radius 1 is 0.789 bits per heavy atom. The largest absolute Gasteiger partial charge is 0.284 e. The highest BCUT2D eigenvalue weighted by Gasteiger charge is 2.02. The molecule has 0 fully saturated rings. The molecule has 0 aliphatic heterocycles. The van der Waals surface area contributed by atoms with Crippen molar-refractivity contribution in [3.8, 4) is 16.8 Å². The molecule has 0 unspecified atom stereocenters. The number of hydrogen-bond acceptors (Lipinski definition) is 2. The summed E-state index contributed by atoms with van der Waals surface area (Å²) >= 11 is 0. The van der Waals surface area contributed by atoms with E-state index in [9.17, 15) is 4.79 Å². The van der Waals surface area contributed by atoms with Crippen LogP contribution in [0.4, 0.5) is 0 Å². The zero-order chi connectivity index (χ0) is 13.1. The van der Waals surface area contributed by atoms with Gasteiger partial charge in [-0.05, 0) is 29.3 Å². The predicted molar refractivity (Wildman–Crippen MR) is 75.3 cm³/mol. The van der Waals surface area contributed by atoms with Gasteiger partial charge in [0.15, 0.2) is 0 Å². The van der Waals surface area contributed by atoms with Crippen LogP contribution in [0, 0.1) is 0 Å². The van der Waals surface area contributed by atoms with Crippen LogP contribution in [-0.4, -0.2) is 9.55 Å². The highest BCUT2D eigenvalue weighted by Crippen LogP contribution is 2.18. The van der Waals surface area contributed by atoms with Crippen molar-refractivity contribution < 1.29 is 0 Å². The molecule has 19 heavy (non-hydrogen) atoms. The monoisotopic (exact) mass is 248 g/mol. The lowest BCUT2D eigenvalue weighted by Crippen LogP contribution is -2.16. The Kier molecular flexibility index (Phi) is 2.94. The molecular weight excluding hydrogens is 236 g/mol. The summed E-state index contributed by atoms with van der Waals surface area (Å²) in [5.41, 5.74) is 2.87. The van der Waals surface area contributed by atoms with Gasteiger partial charge in [0.2, 0.25) is 0 Å². The summed E-state index contributed by atoms with van der Waals surface area (Å²) in [5.74, 6) is 0. The Morgan fingerprint density at radius 2 is 1.53 bits per heavy atom. The Morgan fingerprint density at radius 3 is 2.26 bits per heavy atom. The highest BCUT2D eigenvalue weighted by atomic mass is 16.1. The second-order valence-corrected chi connectivity index (χ2v) is 4.20. The van der Waals surface area contributed by atoms with Crippen LogP contribution < -0.4 is 5.56 Å². The topological polar surface area (TPSA) is 34.9 Å². The van der Waals surface area contributed by atoms with Crippen LogP contribution in [0.2, 0.25) is 0 Å². The van der Waals surface area contributed by atoms with Crippen LogP contribution in [0.3, 0.4) is 0 Å². The zero-order valence-electron chi connectivity index (χ0n) is 10.2. The predicted octanol–water partition coefficient (Wildman–Crippen LogP) is 2.90. The molecule has 0 saturated carbocycles. The van der Waals surface area contributed by atoms with Gasteiger partial charge in [-0.1, -0.05) is 30.3 Å². The Labute approximate surface area is 110 Å². The van der Waals surface area contributed by atoms with Crippen LogP contribution >= 0.6 is 0 Å². The first-order valence-electron chi connectivity index (χ1n) is 6.03. The summed E-state index contributed by atoms with van der Waals surface area (Å²) in [6.07, 6.45) is 5.21. The maximum absolute atomic E-state index is 11.9. The average molecular weight is 248 g/mol. The molecule has 2 aromatic heterocycles. The average Bonchev–Trinajstić information content (AvgIpc) is 2.49. The van der Waals surface area contributed by atoms with E-state index in [1.807, 2.05) is 54.7 Å². The minimum atomic E-state index is -0.0501. The Hall–Kier alpha value is -2.68. The minimum Gasteiger partial charge on any atom is -0.284 e. The summed E-state index contributed by atoms with van der Waals surface area (Å²) < 4.78 is 1.63. The highest BCUT2D eigenvalue weighted by molar-refractivity contribution is 5.62. The number of nitrogens with zero attached hydrogens (tertiary/aromatic N) is 2. The minimum absolute atomic E-state index is 0.0501. The van der Waals surface area contributed by atoms with E-state index >= 15 is 0 Å². The third kappa shape index (κ3) is 2.31. The zero-order valence-corrected chi connectivity index (χ0v) is 10.2. The molecule has 3 nitrogen and oxygen atoms in total. The fourth-order valence-corrected chi connectivity index (χ4v) is 1.99. The van der Waals surface area contributed by atoms with Gasteiger partial charge in [-0.15, -0.1) is 0 Å². The number of hydrogen-bond donors (Lipinski definition) is 0. The van der Waals surface area contributed by atoms with E-state index in [0.717, 1.165) is 16.8 Å². The molecule has 1 aromatic carbocycles. The maximum Gasteiger partial charge on any atom is 0.255 e. The molecule has 0 atom stereocenters. The Balaban J connectivity index is 2.15.